The van der Waals surface area contributed by atoms with Crippen molar-refractivity contribution in [2.24, 2.45) is 0 Å². The minimum absolute atomic E-state index is 0.331. The second-order valence-corrected chi connectivity index (χ2v) is 3.69. The zero-order valence-corrected chi connectivity index (χ0v) is 12.7. The Kier molecular flexibility index (Phi) is 14.9. The number of hydrogen-bond acceptors (Lipinski definition) is 2. The van der Waals surface area contributed by atoms with Gasteiger partial charge < -0.3 is 10.2 Å². The molecule has 1 saturated heterocycles. The van der Waals surface area contributed by atoms with Gasteiger partial charge in [0.15, 0.2) is 0 Å². The van der Waals surface area contributed by atoms with Crippen LogP contribution in [0.4, 0.5) is 0 Å². The lowest BCUT2D eigenvalue weighted by molar-refractivity contribution is -0.132. The number of nitrogens with one attached hydrogen (secondary N) is 1. The van der Waals surface area contributed by atoms with E-state index in [0.29, 0.717) is 18.4 Å². The van der Waals surface area contributed by atoms with Gasteiger partial charge in [-0.1, -0.05) is 34.6 Å². The van der Waals surface area contributed by atoms with Crippen LogP contribution in [0.15, 0.2) is 0 Å². The predicted molar refractivity (Wildman–Crippen MR) is 76.3 cm³/mol. The molecule has 0 bridgehead atoms. The van der Waals surface area contributed by atoms with E-state index in [4.69, 9.17) is 0 Å². The number of amides is 1. The largest absolute Gasteiger partial charge is 0.343 e. The molecular formula is C14H32N2O. The molecule has 0 aromatic heterocycles. The minimum Gasteiger partial charge on any atom is -0.343 e. The van der Waals surface area contributed by atoms with Gasteiger partial charge in [0, 0.05) is 25.6 Å². The van der Waals surface area contributed by atoms with Gasteiger partial charge in [-0.05, 0) is 26.3 Å². The summed E-state index contributed by atoms with van der Waals surface area (Å²) in [6.45, 7) is 11.9. The topological polar surface area (TPSA) is 32.3 Å². The fourth-order valence-electron chi connectivity index (χ4n) is 1.79. The molecule has 104 valence electrons. The number of carbonyl (C=O) groups excluding carboxylic acids is 1. The van der Waals surface area contributed by atoms with Crippen molar-refractivity contribution < 1.29 is 4.79 Å². The van der Waals surface area contributed by atoms with Crippen LogP contribution in [-0.2, 0) is 4.79 Å². The van der Waals surface area contributed by atoms with Gasteiger partial charge in [-0.2, -0.15) is 0 Å². The first-order valence-electron chi connectivity index (χ1n) is 7.23. The molecule has 17 heavy (non-hydrogen) atoms. The van der Waals surface area contributed by atoms with Gasteiger partial charge >= 0.3 is 0 Å². The maximum atomic E-state index is 11.5. The van der Waals surface area contributed by atoms with Crippen LogP contribution >= 0.6 is 0 Å². The van der Waals surface area contributed by atoms with Crippen LogP contribution in [-0.4, -0.2) is 37.0 Å². The maximum absolute atomic E-state index is 11.5. The van der Waals surface area contributed by atoms with Gasteiger partial charge in [0.25, 0.3) is 0 Å². The van der Waals surface area contributed by atoms with Crippen LogP contribution in [0.25, 0.3) is 0 Å². The summed E-state index contributed by atoms with van der Waals surface area (Å²) in [6.07, 6.45) is 3.88. The number of piperidine rings is 1. The Morgan fingerprint density at radius 2 is 1.65 bits per heavy atom. The Hall–Kier alpha value is -0.570. The average molecular weight is 244 g/mol. The molecule has 1 N–H and O–H groups in total. The van der Waals surface area contributed by atoms with Crippen LogP contribution in [0.3, 0.4) is 0 Å². The van der Waals surface area contributed by atoms with Gasteiger partial charge in [0.05, 0.1) is 0 Å². The van der Waals surface area contributed by atoms with Crippen molar-refractivity contribution in [3.8, 4) is 0 Å². The van der Waals surface area contributed by atoms with E-state index in [9.17, 15) is 4.79 Å². The first-order chi connectivity index (χ1) is 8.27. The monoisotopic (exact) mass is 244 g/mol. The second-order valence-electron chi connectivity index (χ2n) is 3.69. The number of nitrogens with zero attached hydrogens (tertiary/aromatic N) is 1. The van der Waals surface area contributed by atoms with Gasteiger partial charge in [-0.3, -0.25) is 4.79 Å². The van der Waals surface area contributed by atoms with Gasteiger partial charge in [-0.25, -0.2) is 0 Å². The summed E-state index contributed by atoms with van der Waals surface area (Å²) in [4.78, 5) is 13.5. The Balaban J connectivity index is 0. The summed E-state index contributed by atoms with van der Waals surface area (Å²) in [5.74, 6) is 0.331. The lowest BCUT2D eigenvalue weighted by Crippen LogP contribution is -2.43. The SMILES string of the molecule is CC.CC.CCCC(=O)N1CCC(NC)CC1. The molecule has 1 fully saturated rings. The predicted octanol–water partition coefficient (Wildman–Crippen LogP) is 3.05. The summed E-state index contributed by atoms with van der Waals surface area (Å²) in [5, 5.41) is 3.26. The van der Waals surface area contributed by atoms with E-state index in [1.165, 1.54) is 0 Å². The van der Waals surface area contributed by atoms with Crippen molar-refractivity contribution in [1.29, 1.82) is 0 Å². The van der Waals surface area contributed by atoms with Crippen molar-refractivity contribution in [2.75, 3.05) is 20.1 Å². The van der Waals surface area contributed by atoms with E-state index in [1.54, 1.807) is 0 Å². The zero-order valence-electron chi connectivity index (χ0n) is 12.7. The summed E-state index contributed by atoms with van der Waals surface area (Å²) < 4.78 is 0. The maximum Gasteiger partial charge on any atom is 0.222 e. The van der Waals surface area contributed by atoms with E-state index >= 15 is 0 Å². The summed E-state index contributed by atoms with van der Waals surface area (Å²) in [6, 6.07) is 0.616. The molecule has 0 atom stereocenters. The van der Waals surface area contributed by atoms with Crippen molar-refractivity contribution in [3.05, 3.63) is 0 Å². The number of likely N-dealkylation sites (tertiary alicyclic amines) is 1. The quantitative estimate of drug-likeness (QED) is 0.827. The first kappa shape index (κ1) is 18.8. The van der Waals surface area contributed by atoms with Gasteiger partial charge in [0.1, 0.15) is 0 Å². The Morgan fingerprint density at radius 3 is 2.00 bits per heavy atom. The molecule has 1 rings (SSSR count). The molecule has 3 heteroatoms. The molecule has 0 spiro atoms. The second kappa shape index (κ2) is 13.5. The highest BCUT2D eigenvalue weighted by Crippen LogP contribution is 2.11. The zero-order chi connectivity index (χ0) is 13.7. The highest BCUT2D eigenvalue weighted by atomic mass is 16.2. The van der Waals surface area contributed by atoms with E-state index in [2.05, 4.69) is 12.2 Å². The minimum atomic E-state index is 0.331. The molecule has 1 heterocycles. The molecule has 0 saturated carbocycles. The molecule has 0 radical (unpaired) electrons. The van der Waals surface area contributed by atoms with Crippen LogP contribution in [0.2, 0.25) is 0 Å². The van der Waals surface area contributed by atoms with E-state index in [0.717, 1.165) is 32.4 Å². The lowest BCUT2D eigenvalue weighted by Gasteiger charge is -2.31. The molecule has 0 aromatic carbocycles. The van der Waals surface area contributed by atoms with Gasteiger partial charge in [-0.15, -0.1) is 0 Å². The fourth-order valence-corrected chi connectivity index (χ4v) is 1.79. The average Bonchev–Trinajstić information content (AvgIpc) is 2.43. The van der Waals surface area contributed by atoms with Crippen LogP contribution < -0.4 is 5.32 Å². The number of rotatable bonds is 3. The molecule has 0 aliphatic carbocycles. The number of hydrogen-bond donors (Lipinski definition) is 1. The molecule has 1 aliphatic heterocycles. The third-order valence-corrected chi connectivity index (χ3v) is 2.72. The molecule has 1 aliphatic rings. The molecular weight excluding hydrogens is 212 g/mol. The Morgan fingerprint density at radius 1 is 1.18 bits per heavy atom. The smallest absolute Gasteiger partial charge is 0.222 e. The van der Waals surface area contributed by atoms with E-state index in [-0.39, 0.29) is 0 Å². The van der Waals surface area contributed by atoms with Crippen molar-refractivity contribution >= 4 is 5.91 Å². The molecule has 3 nitrogen and oxygen atoms in total. The number of carbonyl (C=O) groups is 1. The molecule has 0 aromatic rings. The Labute approximate surface area is 108 Å². The fraction of sp³-hybridized carbons (Fsp3) is 0.929. The summed E-state index contributed by atoms with van der Waals surface area (Å²) in [5.41, 5.74) is 0. The third kappa shape index (κ3) is 8.19. The summed E-state index contributed by atoms with van der Waals surface area (Å²) >= 11 is 0. The van der Waals surface area contributed by atoms with E-state index < -0.39 is 0 Å². The highest BCUT2D eigenvalue weighted by molar-refractivity contribution is 5.76. The normalized spacial score (nSPS) is 15.3. The van der Waals surface area contributed by atoms with Crippen molar-refractivity contribution in [1.82, 2.24) is 10.2 Å². The standard InChI is InChI=1S/C10H20N2O.2C2H6/c1-3-4-10(13)12-7-5-9(11-2)6-8-12;2*1-2/h9,11H,3-8H2,1-2H3;2*1-2H3. The van der Waals surface area contributed by atoms with Gasteiger partial charge in [0.2, 0.25) is 5.91 Å². The molecule has 0 unspecified atom stereocenters. The third-order valence-electron chi connectivity index (χ3n) is 2.72. The summed E-state index contributed by atoms with van der Waals surface area (Å²) in [7, 11) is 1.99. The Bertz CT molecular complexity index is 164. The van der Waals surface area contributed by atoms with Crippen LogP contribution in [0, 0.1) is 0 Å². The first-order valence-corrected chi connectivity index (χ1v) is 7.23. The van der Waals surface area contributed by atoms with Crippen molar-refractivity contribution in [2.45, 2.75) is 66.3 Å². The molecule has 1 amide bonds. The van der Waals surface area contributed by atoms with Crippen LogP contribution in [0.5, 0.6) is 0 Å². The van der Waals surface area contributed by atoms with Crippen molar-refractivity contribution in [3.63, 3.8) is 0 Å². The van der Waals surface area contributed by atoms with Crippen LogP contribution in [0.1, 0.15) is 60.3 Å². The lowest BCUT2D eigenvalue weighted by atomic mass is 10.0. The van der Waals surface area contributed by atoms with E-state index in [1.807, 2.05) is 39.6 Å². The highest BCUT2D eigenvalue weighted by Gasteiger charge is 2.20.